The lowest BCUT2D eigenvalue weighted by Crippen LogP contribution is -2.25. The van der Waals surface area contributed by atoms with Crippen molar-refractivity contribution in [2.75, 3.05) is 38.7 Å². The zero-order valence-electron chi connectivity index (χ0n) is 22.6. The largest absolute Gasteiger partial charge is 0.494 e. The van der Waals surface area contributed by atoms with E-state index in [1.165, 1.54) is 12.8 Å². The summed E-state index contributed by atoms with van der Waals surface area (Å²) in [6.45, 7) is 6.11. The SMILES string of the molecule is COc1cc(OCCN2CCCC2)ccc1Nc1ncc2c(n1)-c1c(nn(C)c1-c1ccccc1Cl)CC2C. The summed E-state index contributed by atoms with van der Waals surface area (Å²) in [6.07, 6.45) is 5.30. The van der Waals surface area contributed by atoms with E-state index in [9.17, 15) is 0 Å². The number of likely N-dealkylation sites (tertiary alicyclic amines) is 1. The first kappa shape index (κ1) is 25.6. The van der Waals surface area contributed by atoms with Gasteiger partial charge < -0.3 is 14.8 Å². The standard InChI is InChI=1S/C30H33ClN6O2/c1-19-16-25-27(29(36(2)35-25)21-8-4-5-9-23(21)31)28-22(19)18-32-30(34-28)33-24-11-10-20(17-26(24)38-3)39-15-14-37-12-6-7-13-37/h4-5,8-11,17-19H,6-7,12-16H2,1-3H3,(H,32,33,34). The van der Waals surface area contributed by atoms with Crippen LogP contribution in [0.2, 0.25) is 5.02 Å². The molecule has 9 heteroatoms. The lowest BCUT2D eigenvalue weighted by atomic mass is 9.85. The molecule has 1 aliphatic heterocycles. The van der Waals surface area contributed by atoms with Crippen LogP contribution in [0, 0.1) is 0 Å². The molecule has 0 saturated carbocycles. The highest BCUT2D eigenvalue weighted by Crippen LogP contribution is 2.45. The summed E-state index contributed by atoms with van der Waals surface area (Å²) >= 11 is 6.62. The van der Waals surface area contributed by atoms with E-state index in [0.717, 1.165) is 71.3 Å². The van der Waals surface area contributed by atoms with E-state index in [1.54, 1.807) is 7.11 Å². The second kappa shape index (κ2) is 10.9. The summed E-state index contributed by atoms with van der Waals surface area (Å²) in [5.74, 6) is 2.19. The van der Waals surface area contributed by atoms with Crippen LogP contribution in [0.1, 0.15) is 36.9 Å². The number of fused-ring (bicyclic) bond motifs is 3. The van der Waals surface area contributed by atoms with Gasteiger partial charge in [-0.25, -0.2) is 9.97 Å². The number of nitrogens with one attached hydrogen (secondary N) is 1. The van der Waals surface area contributed by atoms with E-state index in [4.69, 9.17) is 31.2 Å². The number of aromatic nitrogens is 4. The van der Waals surface area contributed by atoms with Gasteiger partial charge in [0.25, 0.3) is 0 Å². The van der Waals surface area contributed by atoms with Gasteiger partial charge in [-0.05, 0) is 56.5 Å². The number of rotatable bonds is 8. The summed E-state index contributed by atoms with van der Waals surface area (Å²) in [6, 6.07) is 13.7. The first-order valence-corrected chi connectivity index (χ1v) is 13.9. The van der Waals surface area contributed by atoms with E-state index in [2.05, 4.69) is 22.1 Å². The van der Waals surface area contributed by atoms with Gasteiger partial charge in [0.1, 0.15) is 18.1 Å². The van der Waals surface area contributed by atoms with Gasteiger partial charge in [-0.15, -0.1) is 0 Å². The molecule has 1 fully saturated rings. The topological polar surface area (TPSA) is 77.3 Å². The number of ether oxygens (including phenoxy) is 2. The van der Waals surface area contributed by atoms with Crippen LogP contribution in [-0.4, -0.2) is 58.0 Å². The van der Waals surface area contributed by atoms with Crippen LogP contribution in [0.4, 0.5) is 11.6 Å². The van der Waals surface area contributed by atoms with Crippen LogP contribution >= 0.6 is 11.6 Å². The van der Waals surface area contributed by atoms with E-state index < -0.39 is 0 Å². The Hall–Kier alpha value is -3.62. The van der Waals surface area contributed by atoms with Gasteiger partial charge in [-0.1, -0.05) is 36.7 Å². The van der Waals surface area contributed by atoms with Crippen molar-refractivity contribution in [2.24, 2.45) is 7.05 Å². The third kappa shape index (κ3) is 5.06. The minimum Gasteiger partial charge on any atom is -0.494 e. The smallest absolute Gasteiger partial charge is 0.227 e. The van der Waals surface area contributed by atoms with Crippen LogP contribution in [0.3, 0.4) is 0 Å². The summed E-state index contributed by atoms with van der Waals surface area (Å²) in [7, 11) is 3.61. The second-order valence-corrected chi connectivity index (χ2v) is 10.7. The molecule has 0 bridgehead atoms. The Balaban J connectivity index is 1.29. The molecule has 3 heterocycles. The van der Waals surface area contributed by atoms with Crippen molar-refractivity contribution in [1.29, 1.82) is 0 Å². The molecule has 2 aliphatic rings. The molecule has 2 aromatic carbocycles. The molecule has 0 radical (unpaired) electrons. The Kier molecular flexibility index (Phi) is 7.14. The first-order valence-electron chi connectivity index (χ1n) is 13.5. The van der Waals surface area contributed by atoms with Crippen LogP contribution in [0.25, 0.3) is 22.5 Å². The van der Waals surface area contributed by atoms with Crippen molar-refractivity contribution in [3.05, 3.63) is 64.9 Å². The molecular formula is C30H33ClN6O2. The van der Waals surface area contributed by atoms with Crippen molar-refractivity contribution in [3.63, 3.8) is 0 Å². The van der Waals surface area contributed by atoms with Gasteiger partial charge in [0.2, 0.25) is 5.95 Å². The second-order valence-electron chi connectivity index (χ2n) is 10.3. The average molecular weight is 545 g/mol. The summed E-state index contributed by atoms with van der Waals surface area (Å²) < 4.78 is 13.6. The Labute approximate surface area is 233 Å². The van der Waals surface area contributed by atoms with Crippen LogP contribution in [-0.2, 0) is 13.5 Å². The molecule has 1 N–H and O–H groups in total. The number of nitrogens with zero attached hydrogens (tertiary/aromatic N) is 5. The minimum atomic E-state index is 0.252. The molecule has 1 atom stereocenters. The number of benzene rings is 2. The fourth-order valence-electron chi connectivity index (χ4n) is 5.63. The van der Waals surface area contributed by atoms with Gasteiger partial charge >= 0.3 is 0 Å². The fourth-order valence-corrected chi connectivity index (χ4v) is 5.85. The number of aryl methyl sites for hydroxylation is 1. The van der Waals surface area contributed by atoms with E-state index in [-0.39, 0.29) is 5.92 Å². The minimum absolute atomic E-state index is 0.252. The third-order valence-electron chi connectivity index (χ3n) is 7.63. The Morgan fingerprint density at radius 2 is 1.95 bits per heavy atom. The van der Waals surface area contributed by atoms with Crippen LogP contribution < -0.4 is 14.8 Å². The van der Waals surface area contributed by atoms with Gasteiger partial charge in [0.15, 0.2) is 0 Å². The van der Waals surface area contributed by atoms with Crippen molar-refractivity contribution in [1.82, 2.24) is 24.6 Å². The van der Waals surface area contributed by atoms with Crippen molar-refractivity contribution in [2.45, 2.75) is 32.1 Å². The number of hydrogen-bond acceptors (Lipinski definition) is 7. The molecule has 1 unspecified atom stereocenters. The molecule has 2 aromatic heterocycles. The van der Waals surface area contributed by atoms with E-state index >= 15 is 0 Å². The van der Waals surface area contributed by atoms with Gasteiger partial charge in [-0.2, -0.15) is 5.10 Å². The Bertz CT molecular complexity index is 1500. The summed E-state index contributed by atoms with van der Waals surface area (Å²) in [5.41, 5.74) is 6.68. The highest BCUT2D eigenvalue weighted by molar-refractivity contribution is 6.33. The summed E-state index contributed by atoms with van der Waals surface area (Å²) in [5, 5.41) is 8.90. The highest BCUT2D eigenvalue weighted by Gasteiger charge is 2.31. The van der Waals surface area contributed by atoms with Crippen molar-refractivity contribution in [3.8, 4) is 34.0 Å². The maximum atomic E-state index is 6.62. The lowest BCUT2D eigenvalue weighted by molar-refractivity contribution is 0.237. The zero-order valence-corrected chi connectivity index (χ0v) is 23.3. The van der Waals surface area contributed by atoms with Gasteiger partial charge in [0, 0.05) is 47.6 Å². The van der Waals surface area contributed by atoms with Crippen molar-refractivity contribution < 1.29 is 9.47 Å². The lowest BCUT2D eigenvalue weighted by Gasteiger charge is -2.22. The van der Waals surface area contributed by atoms with Gasteiger partial charge in [0.05, 0.1) is 29.9 Å². The van der Waals surface area contributed by atoms with E-state index in [1.807, 2.05) is 60.4 Å². The van der Waals surface area contributed by atoms with E-state index in [0.29, 0.717) is 23.3 Å². The van der Waals surface area contributed by atoms with Crippen LogP contribution in [0.5, 0.6) is 11.5 Å². The number of hydrogen-bond donors (Lipinski definition) is 1. The maximum Gasteiger partial charge on any atom is 0.227 e. The van der Waals surface area contributed by atoms with Crippen LogP contribution in [0.15, 0.2) is 48.7 Å². The summed E-state index contributed by atoms with van der Waals surface area (Å²) in [4.78, 5) is 12.1. The molecule has 1 aliphatic carbocycles. The predicted octanol–water partition coefficient (Wildman–Crippen LogP) is 6.08. The molecule has 202 valence electrons. The molecule has 8 nitrogen and oxygen atoms in total. The normalized spacial score (nSPS) is 16.6. The average Bonchev–Trinajstić information content (AvgIpc) is 3.57. The monoisotopic (exact) mass is 544 g/mol. The molecule has 6 rings (SSSR count). The van der Waals surface area contributed by atoms with Crippen molar-refractivity contribution >= 4 is 23.2 Å². The number of halogens is 1. The maximum absolute atomic E-state index is 6.62. The first-order chi connectivity index (χ1) is 19.0. The zero-order chi connectivity index (χ0) is 26.9. The fraction of sp³-hybridized carbons (Fsp3) is 0.367. The molecule has 0 spiro atoms. The molecular weight excluding hydrogens is 512 g/mol. The Morgan fingerprint density at radius 3 is 2.74 bits per heavy atom. The number of methoxy groups -OCH3 is 1. The molecule has 39 heavy (non-hydrogen) atoms. The third-order valence-corrected chi connectivity index (χ3v) is 7.96. The highest BCUT2D eigenvalue weighted by atomic mass is 35.5. The predicted molar refractivity (Wildman–Crippen MR) is 154 cm³/mol. The quantitative estimate of drug-likeness (QED) is 0.288. The molecule has 4 aromatic rings. The Morgan fingerprint density at radius 1 is 1.13 bits per heavy atom. The van der Waals surface area contributed by atoms with Gasteiger partial charge in [-0.3, -0.25) is 9.58 Å². The number of anilines is 2. The molecule has 1 saturated heterocycles. The molecule has 0 amide bonds.